The fourth-order valence-corrected chi connectivity index (χ4v) is 5.43. The van der Waals surface area contributed by atoms with E-state index in [0.717, 1.165) is 4.88 Å². The average molecular weight is 510 g/mol. The van der Waals surface area contributed by atoms with Gasteiger partial charge in [0, 0.05) is 38.1 Å². The monoisotopic (exact) mass is 509 g/mol. The molecule has 0 aliphatic carbocycles. The standard InChI is InChI=1S/C28H32FN3O3S/c1-31(2)25-19-30-24-9-8-20(35-3)18-22(24)26(25)23(29)10-11-28(27(33)34)12-15-32(16-13-28)14-4-6-21-7-5-17-36-21/h5,7-9,17-19,23H,10-16H2,1-3H3,(H,33,34)/t23-/m0/s1. The molecule has 1 aliphatic heterocycles. The fraction of sp³-hybridized carbons (Fsp3) is 0.429. The van der Waals surface area contributed by atoms with E-state index < -0.39 is 17.6 Å². The first-order valence-electron chi connectivity index (χ1n) is 12.1. The minimum atomic E-state index is -1.33. The Kier molecular flexibility index (Phi) is 8.12. The molecule has 1 atom stereocenters. The van der Waals surface area contributed by atoms with Crippen LogP contribution in [0.1, 0.15) is 42.3 Å². The van der Waals surface area contributed by atoms with Gasteiger partial charge in [-0.1, -0.05) is 17.9 Å². The summed E-state index contributed by atoms with van der Waals surface area (Å²) in [4.78, 5) is 21.9. The highest BCUT2D eigenvalue weighted by Crippen LogP contribution is 2.42. The number of nitrogens with zero attached hydrogens (tertiary/aromatic N) is 3. The zero-order valence-corrected chi connectivity index (χ0v) is 21.8. The number of aromatic nitrogens is 1. The molecule has 0 amide bonds. The van der Waals surface area contributed by atoms with E-state index in [0.29, 0.717) is 60.4 Å². The molecular weight excluding hydrogens is 477 g/mol. The first-order valence-corrected chi connectivity index (χ1v) is 13.0. The predicted molar refractivity (Wildman–Crippen MR) is 143 cm³/mol. The maximum absolute atomic E-state index is 16.0. The molecule has 1 N–H and O–H groups in total. The summed E-state index contributed by atoms with van der Waals surface area (Å²) in [6.45, 7) is 1.89. The number of ether oxygens (including phenoxy) is 1. The smallest absolute Gasteiger partial charge is 0.309 e. The molecule has 3 aromatic rings. The van der Waals surface area contributed by atoms with Crippen LogP contribution in [0.5, 0.6) is 5.75 Å². The van der Waals surface area contributed by atoms with Gasteiger partial charge in [-0.3, -0.25) is 14.7 Å². The number of hydrogen-bond donors (Lipinski definition) is 1. The molecule has 0 radical (unpaired) electrons. The Bertz CT molecular complexity index is 1260. The van der Waals surface area contributed by atoms with Crippen molar-refractivity contribution in [3.8, 4) is 17.6 Å². The molecule has 0 unspecified atom stereocenters. The zero-order chi connectivity index (χ0) is 25.7. The number of anilines is 1. The van der Waals surface area contributed by atoms with E-state index in [-0.39, 0.29) is 12.8 Å². The van der Waals surface area contributed by atoms with Crippen molar-refractivity contribution >= 4 is 33.9 Å². The quantitative estimate of drug-likeness (QED) is 0.411. The van der Waals surface area contributed by atoms with Crippen LogP contribution in [0.3, 0.4) is 0 Å². The lowest BCUT2D eigenvalue weighted by Gasteiger charge is -2.38. The van der Waals surface area contributed by atoms with Crippen molar-refractivity contribution in [1.82, 2.24) is 9.88 Å². The number of alkyl halides is 1. The van der Waals surface area contributed by atoms with Gasteiger partial charge < -0.3 is 14.7 Å². The van der Waals surface area contributed by atoms with Crippen LogP contribution in [0, 0.1) is 17.3 Å². The van der Waals surface area contributed by atoms with Crippen LogP contribution in [-0.4, -0.2) is 61.8 Å². The van der Waals surface area contributed by atoms with Gasteiger partial charge in [0.2, 0.25) is 0 Å². The lowest BCUT2D eigenvalue weighted by Crippen LogP contribution is -2.44. The molecule has 190 valence electrons. The molecule has 6 nitrogen and oxygen atoms in total. The molecular formula is C28H32FN3O3S. The summed E-state index contributed by atoms with van der Waals surface area (Å²) < 4.78 is 21.3. The Morgan fingerprint density at radius 2 is 2.11 bits per heavy atom. The minimum absolute atomic E-state index is 0.127. The number of carbonyl (C=O) groups is 1. The average Bonchev–Trinajstić information content (AvgIpc) is 3.40. The van der Waals surface area contributed by atoms with Crippen molar-refractivity contribution in [2.75, 3.05) is 45.7 Å². The maximum atomic E-state index is 16.0. The number of methoxy groups -OCH3 is 1. The molecule has 2 aromatic heterocycles. The molecule has 1 aromatic carbocycles. The summed E-state index contributed by atoms with van der Waals surface area (Å²) in [7, 11) is 5.29. The van der Waals surface area contributed by atoms with Crippen LogP contribution in [0.25, 0.3) is 10.9 Å². The topological polar surface area (TPSA) is 65.9 Å². The van der Waals surface area contributed by atoms with Crippen LogP contribution in [0.4, 0.5) is 10.1 Å². The summed E-state index contributed by atoms with van der Waals surface area (Å²) in [5.74, 6) is 6.13. The van der Waals surface area contributed by atoms with Crippen LogP contribution >= 0.6 is 11.3 Å². The minimum Gasteiger partial charge on any atom is -0.497 e. The summed E-state index contributed by atoms with van der Waals surface area (Å²) in [6, 6.07) is 9.39. The van der Waals surface area contributed by atoms with Crippen LogP contribution in [0.15, 0.2) is 41.9 Å². The third-order valence-corrected chi connectivity index (χ3v) is 7.85. The Morgan fingerprint density at radius 1 is 1.33 bits per heavy atom. The number of aliphatic carboxylic acids is 1. The molecule has 1 fully saturated rings. The van der Waals surface area contributed by atoms with Crippen molar-refractivity contribution in [3.05, 3.63) is 52.3 Å². The van der Waals surface area contributed by atoms with E-state index in [1.54, 1.807) is 36.8 Å². The number of piperidine rings is 1. The van der Waals surface area contributed by atoms with E-state index in [4.69, 9.17) is 4.74 Å². The van der Waals surface area contributed by atoms with Gasteiger partial charge >= 0.3 is 5.97 Å². The number of carboxylic acids is 1. The molecule has 1 saturated heterocycles. The number of pyridine rings is 1. The molecule has 0 saturated carbocycles. The number of thiophene rings is 1. The predicted octanol–water partition coefficient (Wildman–Crippen LogP) is 5.38. The molecule has 4 rings (SSSR count). The van der Waals surface area contributed by atoms with Crippen LogP contribution in [-0.2, 0) is 4.79 Å². The summed E-state index contributed by atoms with van der Waals surface area (Å²) >= 11 is 1.61. The number of halogens is 1. The van der Waals surface area contributed by atoms with E-state index in [1.807, 2.05) is 42.6 Å². The van der Waals surface area contributed by atoms with Gasteiger partial charge in [-0.15, -0.1) is 11.3 Å². The molecule has 0 spiro atoms. The SMILES string of the molecule is COc1ccc2ncc(N(C)C)c([C@@H](F)CCC3(C(=O)O)CCN(CC#Cc4cccs4)CC3)c2c1. The molecule has 8 heteroatoms. The van der Waals surface area contributed by atoms with Gasteiger partial charge in [0.05, 0.1) is 41.3 Å². The Morgan fingerprint density at radius 3 is 2.75 bits per heavy atom. The van der Waals surface area contributed by atoms with Crippen LogP contribution in [0.2, 0.25) is 0 Å². The second-order valence-corrected chi connectivity index (χ2v) is 10.4. The number of fused-ring (bicyclic) bond motifs is 1. The first-order chi connectivity index (χ1) is 17.3. The number of carboxylic acid groups (broad SMARTS) is 1. The summed E-state index contributed by atoms with van der Waals surface area (Å²) in [6.07, 6.45) is 1.73. The van der Waals surface area contributed by atoms with Gasteiger partial charge in [0.25, 0.3) is 0 Å². The maximum Gasteiger partial charge on any atom is 0.309 e. The van der Waals surface area contributed by atoms with Crippen molar-refractivity contribution in [2.45, 2.75) is 31.9 Å². The van der Waals surface area contributed by atoms with Gasteiger partial charge in [-0.05, 0) is 55.3 Å². The lowest BCUT2D eigenvalue weighted by molar-refractivity contribution is -0.152. The highest BCUT2D eigenvalue weighted by atomic mass is 32.1. The fourth-order valence-electron chi connectivity index (χ4n) is 4.84. The second-order valence-electron chi connectivity index (χ2n) is 9.48. The van der Waals surface area contributed by atoms with Gasteiger partial charge in [-0.2, -0.15) is 0 Å². The number of likely N-dealkylation sites (tertiary alicyclic amines) is 1. The van der Waals surface area contributed by atoms with Gasteiger partial charge in [0.15, 0.2) is 0 Å². The molecule has 0 bridgehead atoms. The Hall–Kier alpha value is -3.15. The van der Waals surface area contributed by atoms with Crippen molar-refractivity contribution in [2.24, 2.45) is 5.41 Å². The first kappa shape index (κ1) is 25.9. The summed E-state index contributed by atoms with van der Waals surface area (Å²) in [5.41, 5.74) is 0.974. The van der Waals surface area contributed by atoms with Gasteiger partial charge in [-0.25, -0.2) is 4.39 Å². The Balaban J connectivity index is 1.48. The number of rotatable bonds is 8. The Labute approximate surface area is 215 Å². The van der Waals surface area contributed by atoms with Gasteiger partial charge in [0.1, 0.15) is 11.9 Å². The third kappa shape index (κ3) is 5.63. The van der Waals surface area contributed by atoms with E-state index in [9.17, 15) is 9.90 Å². The summed E-state index contributed by atoms with van der Waals surface area (Å²) in [5, 5.41) is 12.8. The lowest BCUT2D eigenvalue weighted by atomic mass is 9.74. The van der Waals surface area contributed by atoms with E-state index >= 15 is 4.39 Å². The van der Waals surface area contributed by atoms with Crippen molar-refractivity contribution in [1.29, 1.82) is 0 Å². The highest BCUT2D eigenvalue weighted by Gasteiger charge is 2.41. The highest BCUT2D eigenvalue weighted by molar-refractivity contribution is 7.10. The zero-order valence-electron chi connectivity index (χ0n) is 21.0. The third-order valence-electron chi connectivity index (χ3n) is 7.07. The largest absolute Gasteiger partial charge is 0.497 e. The number of hydrogen-bond acceptors (Lipinski definition) is 6. The van der Waals surface area contributed by atoms with Crippen molar-refractivity contribution < 1.29 is 19.0 Å². The normalized spacial score (nSPS) is 16.2. The molecule has 3 heterocycles. The number of benzene rings is 1. The molecule has 1 aliphatic rings. The van der Waals surface area contributed by atoms with E-state index in [2.05, 4.69) is 21.7 Å². The van der Waals surface area contributed by atoms with Crippen LogP contribution < -0.4 is 9.64 Å². The van der Waals surface area contributed by atoms with E-state index in [1.165, 1.54) is 0 Å². The van der Waals surface area contributed by atoms with Crippen molar-refractivity contribution in [3.63, 3.8) is 0 Å². The molecule has 36 heavy (non-hydrogen) atoms. The second kappa shape index (κ2) is 11.3.